The van der Waals surface area contributed by atoms with Crippen LogP contribution in [0.5, 0.6) is 5.75 Å². The number of carboxylic acids is 1. The zero-order valence-electron chi connectivity index (χ0n) is 11.8. The van der Waals surface area contributed by atoms with Crippen molar-refractivity contribution < 1.29 is 14.6 Å². The molecule has 2 aromatic carbocycles. The van der Waals surface area contributed by atoms with E-state index < -0.39 is 5.97 Å². The summed E-state index contributed by atoms with van der Waals surface area (Å²) in [6.45, 7) is 0.625. The Morgan fingerprint density at radius 1 is 1.29 bits per heavy atom. The van der Waals surface area contributed by atoms with Gasteiger partial charge in [0.25, 0.3) is 0 Å². The third kappa shape index (κ3) is 3.76. The van der Waals surface area contributed by atoms with Crippen LogP contribution >= 0.6 is 15.9 Å². The molecular formula is C16H16BrNO3. The van der Waals surface area contributed by atoms with E-state index >= 15 is 0 Å². The maximum absolute atomic E-state index is 11.1. The number of para-hydroxylation sites is 1. The number of benzene rings is 2. The summed E-state index contributed by atoms with van der Waals surface area (Å²) in [6.07, 6.45) is 0. The van der Waals surface area contributed by atoms with Gasteiger partial charge in [0, 0.05) is 29.3 Å². The van der Waals surface area contributed by atoms with Crippen LogP contribution in [0.15, 0.2) is 46.9 Å². The van der Waals surface area contributed by atoms with Crippen molar-refractivity contribution >= 4 is 27.6 Å². The predicted octanol–water partition coefficient (Wildman–Crippen LogP) is 3.79. The van der Waals surface area contributed by atoms with Crippen LogP contribution < -0.4 is 9.64 Å². The van der Waals surface area contributed by atoms with Gasteiger partial charge in [0.15, 0.2) is 0 Å². The first-order valence-electron chi connectivity index (χ1n) is 6.38. The molecule has 0 radical (unpaired) electrons. The summed E-state index contributed by atoms with van der Waals surface area (Å²) in [7, 11) is 3.56. The molecule has 1 N–H and O–H groups in total. The highest BCUT2D eigenvalue weighted by Gasteiger charge is 2.11. The quantitative estimate of drug-likeness (QED) is 0.891. The number of ether oxygens (including phenoxy) is 1. The van der Waals surface area contributed by atoms with Gasteiger partial charge in [-0.1, -0.05) is 34.1 Å². The summed E-state index contributed by atoms with van der Waals surface area (Å²) >= 11 is 3.35. The molecule has 0 bridgehead atoms. The van der Waals surface area contributed by atoms with Gasteiger partial charge in [0.1, 0.15) is 5.75 Å². The highest BCUT2D eigenvalue weighted by Crippen LogP contribution is 2.26. The Morgan fingerprint density at radius 3 is 2.67 bits per heavy atom. The number of aromatic carboxylic acids is 1. The van der Waals surface area contributed by atoms with Crippen LogP contribution in [-0.2, 0) is 6.54 Å². The van der Waals surface area contributed by atoms with Crippen LogP contribution in [0.1, 0.15) is 15.9 Å². The van der Waals surface area contributed by atoms with Crippen molar-refractivity contribution in [2.45, 2.75) is 6.54 Å². The Hall–Kier alpha value is -2.01. The normalized spacial score (nSPS) is 10.2. The molecule has 0 unspecified atom stereocenters. The van der Waals surface area contributed by atoms with Gasteiger partial charge in [-0.05, 0) is 24.3 Å². The number of carbonyl (C=O) groups is 1. The fourth-order valence-electron chi connectivity index (χ4n) is 2.10. The second-order valence-electron chi connectivity index (χ2n) is 4.67. The Balaban J connectivity index is 2.28. The highest BCUT2D eigenvalue weighted by molar-refractivity contribution is 9.10. The molecule has 2 aromatic rings. The lowest BCUT2D eigenvalue weighted by molar-refractivity contribution is 0.0697. The zero-order valence-corrected chi connectivity index (χ0v) is 13.4. The van der Waals surface area contributed by atoms with Crippen molar-refractivity contribution in [1.82, 2.24) is 0 Å². The first-order chi connectivity index (χ1) is 10.0. The molecule has 5 heteroatoms. The van der Waals surface area contributed by atoms with Gasteiger partial charge in [0.05, 0.1) is 12.7 Å². The smallest absolute Gasteiger partial charge is 0.335 e. The molecule has 2 rings (SSSR count). The Kier molecular flexibility index (Phi) is 4.85. The van der Waals surface area contributed by atoms with Crippen molar-refractivity contribution in [2.75, 3.05) is 19.1 Å². The van der Waals surface area contributed by atoms with E-state index in [0.717, 1.165) is 21.5 Å². The molecule has 0 spiro atoms. The lowest BCUT2D eigenvalue weighted by Crippen LogP contribution is -2.17. The molecule has 0 saturated heterocycles. The van der Waals surface area contributed by atoms with E-state index in [2.05, 4.69) is 15.9 Å². The van der Waals surface area contributed by atoms with E-state index in [4.69, 9.17) is 9.84 Å². The standard InChI is InChI=1S/C16H16BrNO3/c1-18(10-11-5-3-4-6-15(11)21-2)14-8-12(16(19)20)7-13(17)9-14/h3-9H,10H2,1-2H3,(H,19,20). The summed E-state index contributed by atoms with van der Waals surface area (Å²) in [5.41, 5.74) is 2.12. The first kappa shape index (κ1) is 15.4. The molecule has 21 heavy (non-hydrogen) atoms. The molecule has 110 valence electrons. The summed E-state index contributed by atoms with van der Waals surface area (Å²) in [5.74, 6) is -0.124. The number of halogens is 1. The molecule has 0 aliphatic heterocycles. The van der Waals surface area contributed by atoms with Crippen molar-refractivity contribution in [1.29, 1.82) is 0 Å². The zero-order chi connectivity index (χ0) is 15.4. The molecule has 0 atom stereocenters. The van der Waals surface area contributed by atoms with Crippen molar-refractivity contribution in [3.8, 4) is 5.75 Å². The molecule has 0 aliphatic rings. The second kappa shape index (κ2) is 6.63. The van der Waals surface area contributed by atoms with E-state index in [1.54, 1.807) is 19.2 Å². The van der Waals surface area contributed by atoms with E-state index in [1.807, 2.05) is 42.3 Å². The molecule has 0 fully saturated rings. The van der Waals surface area contributed by atoms with Crippen LogP contribution in [0.3, 0.4) is 0 Å². The largest absolute Gasteiger partial charge is 0.496 e. The van der Waals surface area contributed by atoms with Gasteiger partial charge in [-0.3, -0.25) is 0 Å². The van der Waals surface area contributed by atoms with Gasteiger partial charge in [0.2, 0.25) is 0 Å². The summed E-state index contributed by atoms with van der Waals surface area (Å²) < 4.78 is 6.08. The summed E-state index contributed by atoms with van der Waals surface area (Å²) in [6, 6.07) is 12.9. The number of hydrogen-bond donors (Lipinski definition) is 1. The molecule has 0 aromatic heterocycles. The van der Waals surface area contributed by atoms with E-state index in [0.29, 0.717) is 6.54 Å². The average molecular weight is 350 g/mol. The average Bonchev–Trinajstić information content (AvgIpc) is 2.47. The Morgan fingerprint density at radius 2 is 2.00 bits per heavy atom. The lowest BCUT2D eigenvalue weighted by Gasteiger charge is -2.21. The van der Waals surface area contributed by atoms with Gasteiger partial charge in [-0.2, -0.15) is 0 Å². The minimum Gasteiger partial charge on any atom is -0.496 e. The molecular weight excluding hydrogens is 334 g/mol. The number of anilines is 1. The maximum Gasteiger partial charge on any atom is 0.335 e. The van der Waals surface area contributed by atoms with Crippen LogP contribution in [0.25, 0.3) is 0 Å². The fraction of sp³-hybridized carbons (Fsp3) is 0.188. The number of carboxylic acid groups (broad SMARTS) is 1. The summed E-state index contributed by atoms with van der Waals surface area (Å²) in [4.78, 5) is 13.1. The van der Waals surface area contributed by atoms with Crippen LogP contribution in [-0.4, -0.2) is 25.2 Å². The van der Waals surface area contributed by atoms with Crippen molar-refractivity contribution in [3.63, 3.8) is 0 Å². The molecule has 0 aliphatic carbocycles. The van der Waals surface area contributed by atoms with Gasteiger partial charge >= 0.3 is 5.97 Å². The van der Waals surface area contributed by atoms with Crippen LogP contribution in [0.2, 0.25) is 0 Å². The minimum atomic E-state index is -0.941. The van der Waals surface area contributed by atoms with Crippen molar-refractivity contribution in [3.05, 3.63) is 58.1 Å². The van der Waals surface area contributed by atoms with Gasteiger partial charge < -0.3 is 14.7 Å². The van der Waals surface area contributed by atoms with E-state index in [-0.39, 0.29) is 5.56 Å². The molecule has 4 nitrogen and oxygen atoms in total. The van der Waals surface area contributed by atoms with Gasteiger partial charge in [-0.15, -0.1) is 0 Å². The molecule has 0 saturated carbocycles. The third-order valence-corrected chi connectivity index (χ3v) is 3.63. The number of nitrogens with zero attached hydrogens (tertiary/aromatic N) is 1. The fourth-order valence-corrected chi connectivity index (χ4v) is 2.58. The van der Waals surface area contributed by atoms with Gasteiger partial charge in [-0.25, -0.2) is 4.79 Å². The van der Waals surface area contributed by atoms with E-state index in [1.165, 1.54) is 0 Å². The summed E-state index contributed by atoms with van der Waals surface area (Å²) in [5, 5.41) is 9.13. The second-order valence-corrected chi connectivity index (χ2v) is 5.59. The third-order valence-electron chi connectivity index (χ3n) is 3.17. The number of rotatable bonds is 5. The first-order valence-corrected chi connectivity index (χ1v) is 7.17. The van der Waals surface area contributed by atoms with Crippen molar-refractivity contribution in [2.24, 2.45) is 0 Å². The number of hydrogen-bond acceptors (Lipinski definition) is 3. The minimum absolute atomic E-state index is 0.256. The topological polar surface area (TPSA) is 49.8 Å². The maximum atomic E-state index is 11.1. The lowest BCUT2D eigenvalue weighted by atomic mass is 10.1. The predicted molar refractivity (Wildman–Crippen MR) is 86.2 cm³/mol. The molecule has 0 amide bonds. The highest BCUT2D eigenvalue weighted by atomic mass is 79.9. The van der Waals surface area contributed by atoms with E-state index in [9.17, 15) is 4.79 Å². The van der Waals surface area contributed by atoms with Crippen LogP contribution in [0.4, 0.5) is 5.69 Å². The van der Waals surface area contributed by atoms with Crippen LogP contribution in [0, 0.1) is 0 Å². The molecule has 0 heterocycles. The Labute approximate surface area is 132 Å². The SMILES string of the molecule is COc1ccccc1CN(C)c1cc(Br)cc(C(=O)O)c1. The number of methoxy groups -OCH3 is 1. The Bertz CT molecular complexity index is 658. The monoisotopic (exact) mass is 349 g/mol.